The topological polar surface area (TPSA) is 26.3 Å². The van der Waals surface area contributed by atoms with Gasteiger partial charge in [-0.3, -0.25) is 0 Å². The summed E-state index contributed by atoms with van der Waals surface area (Å²) in [5.41, 5.74) is 0.821. The molecule has 0 atom stereocenters. The Kier molecular flexibility index (Phi) is 13.1. The molecule has 112 valence electrons. The third-order valence-electron chi connectivity index (χ3n) is 3.60. The second-order valence-corrected chi connectivity index (χ2v) is 5.24. The summed E-state index contributed by atoms with van der Waals surface area (Å²) in [4.78, 5) is 11.3. The first-order chi connectivity index (χ1) is 9.26. The lowest BCUT2D eigenvalue weighted by Gasteiger charge is -2.05. The Morgan fingerprint density at radius 1 is 0.895 bits per heavy atom. The highest BCUT2D eigenvalue weighted by Gasteiger charge is 2.07. The largest absolute Gasteiger partial charge is 0.466 e. The van der Waals surface area contributed by atoms with Crippen LogP contribution in [0.15, 0.2) is 11.6 Å². The van der Waals surface area contributed by atoms with E-state index in [4.69, 9.17) is 4.74 Å². The summed E-state index contributed by atoms with van der Waals surface area (Å²) in [6.07, 6.45) is 16.0. The molecule has 0 saturated heterocycles. The van der Waals surface area contributed by atoms with Gasteiger partial charge in [-0.25, -0.2) is 4.79 Å². The van der Waals surface area contributed by atoms with Gasteiger partial charge in [0.15, 0.2) is 0 Å². The molecule has 2 nitrogen and oxygen atoms in total. The molecule has 0 amide bonds. The van der Waals surface area contributed by atoms with Gasteiger partial charge in [0.2, 0.25) is 0 Å². The summed E-state index contributed by atoms with van der Waals surface area (Å²) in [6, 6.07) is 0. The summed E-state index contributed by atoms with van der Waals surface area (Å²) in [7, 11) is 1.45. The van der Waals surface area contributed by atoms with Crippen LogP contribution in [0.5, 0.6) is 0 Å². The Balaban J connectivity index is 3.33. The van der Waals surface area contributed by atoms with E-state index < -0.39 is 0 Å². The molecule has 0 saturated carbocycles. The second kappa shape index (κ2) is 13.6. The highest BCUT2D eigenvalue weighted by atomic mass is 16.5. The molecule has 0 N–H and O–H groups in total. The van der Waals surface area contributed by atoms with Crippen LogP contribution in [0, 0.1) is 0 Å². The molecule has 2 heteroatoms. The first-order valence-corrected chi connectivity index (χ1v) is 7.99. The fourth-order valence-corrected chi connectivity index (χ4v) is 2.30. The highest BCUT2D eigenvalue weighted by Crippen LogP contribution is 2.14. The molecule has 0 aliphatic carbocycles. The number of methoxy groups -OCH3 is 1. The van der Waals surface area contributed by atoms with Gasteiger partial charge in [0, 0.05) is 5.57 Å². The molecular weight excluding hydrogens is 236 g/mol. The maximum atomic E-state index is 11.3. The summed E-state index contributed by atoms with van der Waals surface area (Å²) < 4.78 is 4.74. The zero-order valence-corrected chi connectivity index (χ0v) is 13.2. The van der Waals surface area contributed by atoms with E-state index in [-0.39, 0.29) is 5.97 Å². The van der Waals surface area contributed by atoms with Crippen molar-refractivity contribution in [3.8, 4) is 0 Å². The number of rotatable bonds is 12. The predicted molar refractivity (Wildman–Crippen MR) is 82.2 cm³/mol. The Morgan fingerprint density at radius 3 is 1.79 bits per heavy atom. The van der Waals surface area contributed by atoms with Crippen molar-refractivity contribution in [3.05, 3.63) is 11.6 Å². The van der Waals surface area contributed by atoms with Crippen molar-refractivity contribution in [2.45, 2.75) is 84.5 Å². The number of ether oxygens (including phenoxy) is 1. The fourth-order valence-electron chi connectivity index (χ4n) is 2.30. The molecule has 0 aromatic rings. The normalized spacial score (nSPS) is 11.6. The van der Waals surface area contributed by atoms with E-state index in [1.165, 1.54) is 64.9 Å². The van der Waals surface area contributed by atoms with E-state index in [2.05, 4.69) is 6.92 Å². The van der Waals surface area contributed by atoms with Crippen molar-refractivity contribution in [1.29, 1.82) is 0 Å². The first kappa shape index (κ1) is 18.2. The lowest BCUT2D eigenvalue weighted by Crippen LogP contribution is -2.04. The third-order valence-corrected chi connectivity index (χ3v) is 3.60. The van der Waals surface area contributed by atoms with Crippen molar-refractivity contribution >= 4 is 5.97 Å². The van der Waals surface area contributed by atoms with Crippen LogP contribution in [-0.4, -0.2) is 13.1 Å². The molecule has 0 rings (SSSR count). The van der Waals surface area contributed by atoms with Gasteiger partial charge in [-0.1, -0.05) is 70.8 Å². The van der Waals surface area contributed by atoms with Crippen LogP contribution in [0.1, 0.15) is 84.5 Å². The maximum Gasteiger partial charge on any atom is 0.333 e. The van der Waals surface area contributed by atoms with Crippen LogP contribution < -0.4 is 0 Å². The van der Waals surface area contributed by atoms with Crippen molar-refractivity contribution in [3.63, 3.8) is 0 Å². The maximum absolute atomic E-state index is 11.3. The van der Waals surface area contributed by atoms with Crippen LogP contribution in [-0.2, 0) is 9.53 Å². The van der Waals surface area contributed by atoms with E-state index in [9.17, 15) is 4.79 Å². The number of unbranched alkanes of at least 4 members (excludes halogenated alkanes) is 9. The van der Waals surface area contributed by atoms with Gasteiger partial charge in [0.05, 0.1) is 7.11 Å². The SMILES string of the molecule is CC=C(CCCCCCCCCCCC)C(=O)OC. The van der Waals surface area contributed by atoms with Crippen molar-refractivity contribution in [1.82, 2.24) is 0 Å². The Bertz CT molecular complexity index is 244. The number of carbonyl (C=O) groups is 1. The Morgan fingerprint density at radius 2 is 1.37 bits per heavy atom. The predicted octanol–water partition coefficient (Wildman–Crippen LogP) is 5.42. The van der Waals surface area contributed by atoms with Gasteiger partial charge in [-0.15, -0.1) is 0 Å². The summed E-state index contributed by atoms with van der Waals surface area (Å²) in [6.45, 7) is 4.16. The molecule has 0 radical (unpaired) electrons. The Labute approximate surface area is 119 Å². The van der Waals surface area contributed by atoms with E-state index in [0.717, 1.165) is 18.4 Å². The number of hydrogen-bond donors (Lipinski definition) is 0. The van der Waals surface area contributed by atoms with Gasteiger partial charge < -0.3 is 4.74 Å². The molecular formula is C17H32O2. The molecule has 0 fully saturated rings. The monoisotopic (exact) mass is 268 g/mol. The van der Waals surface area contributed by atoms with E-state index >= 15 is 0 Å². The van der Waals surface area contributed by atoms with Gasteiger partial charge in [-0.2, -0.15) is 0 Å². The standard InChI is InChI=1S/C17H32O2/c1-4-6-7-8-9-10-11-12-13-14-15-16(5-2)17(18)19-3/h5H,4,6-15H2,1-3H3. The minimum Gasteiger partial charge on any atom is -0.466 e. The molecule has 0 spiro atoms. The van der Waals surface area contributed by atoms with Crippen LogP contribution in [0.4, 0.5) is 0 Å². The van der Waals surface area contributed by atoms with Crippen LogP contribution in [0.2, 0.25) is 0 Å². The van der Waals surface area contributed by atoms with Crippen molar-refractivity contribution < 1.29 is 9.53 Å². The molecule has 0 aliphatic heterocycles. The summed E-state index contributed by atoms with van der Waals surface area (Å²) in [5, 5.41) is 0. The quantitative estimate of drug-likeness (QED) is 0.268. The van der Waals surface area contributed by atoms with Gasteiger partial charge in [-0.05, 0) is 19.8 Å². The number of hydrogen-bond acceptors (Lipinski definition) is 2. The lowest BCUT2D eigenvalue weighted by molar-refractivity contribution is -0.136. The summed E-state index contributed by atoms with van der Waals surface area (Å²) in [5.74, 6) is -0.168. The van der Waals surface area contributed by atoms with Crippen molar-refractivity contribution in [2.75, 3.05) is 7.11 Å². The van der Waals surface area contributed by atoms with Gasteiger partial charge in [0.1, 0.15) is 0 Å². The smallest absolute Gasteiger partial charge is 0.333 e. The van der Waals surface area contributed by atoms with E-state index in [0.29, 0.717) is 0 Å². The van der Waals surface area contributed by atoms with Crippen LogP contribution >= 0.6 is 0 Å². The molecule has 0 aromatic heterocycles. The molecule has 19 heavy (non-hydrogen) atoms. The fraction of sp³-hybridized carbons (Fsp3) is 0.824. The van der Waals surface area contributed by atoms with Gasteiger partial charge >= 0.3 is 5.97 Å². The van der Waals surface area contributed by atoms with E-state index in [1.807, 2.05) is 13.0 Å². The molecule has 0 bridgehead atoms. The van der Waals surface area contributed by atoms with Crippen LogP contribution in [0.25, 0.3) is 0 Å². The number of esters is 1. The molecule has 0 unspecified atom stereocenters. The zero-order valence-electron chi connectivity index (χ0n) is 13.2. The molecule has 0 aromatic carbocycles. The highest BCUT2D eigenvalue weighted by molar-refractivity contribution is 5.88. The number of carbonyl (C=O) groups excluding carboxylic acids is 1. The van der Waals surface area contributed by atoms with Crippen LogP contribution in [0.3, 0.4) is 0 Å². The first-order valence-electron chi connectivity index (χ1n) is 7.99. The minimum atomic E-state index is -0.168. The van der Waals surface area contributed by atoms with Crippen molar-refractivity contribution in [2.24, 2.45) is 0 Å². The number of allylic oxidation sites excluding steroid dienone is 1. The summed E-state index contributed by atoms with van der Waals surface area (Å²) >= 11 is 0. The third kappa shape index (κ3) is 10.8. The average molecular weight is 268 g/mol. The molecule has 0 heterocycles. The molecule has 0 aliphatic rings. The van der Waals surface area contributed by atoms with E-state index in [1.54, 1.807) is 0 Å². The lowest BCUT2D eigenvalue weighted by atomic mass is 10.0. The second-order valence-electron chi connectivity index (χ2n) is 5.24. The average Bonchev–Trinajstić information content (AvgIpc) is 2.44. The zero-order chi connectivity index (χ0) is 14.3. The van der Waals surface area contributed by atoms with Gasteiger partial charge in [0.25, 0.3) is 0 Å². The Hall–Kier alpha value is -0.790. The minimum absolute atomic E-state index is 0.168.